The third-order valence-corrected chi connectivity index (χ3v) is 6.77. The Morgan fingerprint density at radius 1 is 1.00 bits per heavy atom. The van der Waals surface area contributed by atoms with Gasteiger partial charge in [0.05, 0.1) is 19.1 Å². The van der Waals surface area contributed by atoms with Gasteiger partial charge in [-0.1, -0.05) is 29.8 Å². The van der Waals surface area contributed by atoms with Crippen LogP contribution in [0.15, 0.2) is 48.5 Å². The van der Waals surface area contributed by atoms with Crippen LogP contribution in [0.4, 0.5) is 5.69 Å². The first-order valence-corrected chi connectivity index (χ1v) is 11.3. The summed E-state index contributed by atoms with van der Waals surface area (Å²) in [7, 11) is 1.64. The minimum absolute atomic E-state index is 0.0698. The number of benzene rings is 2. The molecule has 4 rings (SSSR count). The molecule has 0 saturated carbocycles. The fourth-order valence-corrected chi connectivity index (χ4v) is 4.98. The summed E-state index contributed by atoms with van der Waals surface area (Å²) in [6, 6.07) is 15.7. The molecule has 164 valence electrons. The summed E-state index contributed by atoms with van der Waals surface area (Å²) < 4.78 is 5.33. The van der Waals surface area contributed by atoms with Gasteiger partial charge in [0.2, 0.25) is 11.8 Å². The first-order valence-electron chi connectivity index (χ1n) is 11.3. The lowest BCUT2D eigenvalue weighted by molar-refractivity contribution is -0.141. The average Bonchev–Trinajstić information content (AvgIpc) is 2.79. The molecule has 0 bridgehead atoms. The number of anilines is 1. The highest BCUT2D eigenvalue weighted by molar-refractivity contribution is 5.97. The first kappa shape index (κ1) is 21.4. The smallest absolute Gasteiger partial charge is 0.228 e. The number of ether oxygens (including phenoxy) is 1. The van der Waals surface area contributed by atoms with Crippen LogP contribution in [0.25, 0.3) is 0 Å². The van der Waals surface area contributed by atoms with Crippen molar-refractivity contribution >= 4 is 17.5 Å². The van der Waals surface area contributed by atoms with Crippen LogP contribution in [0, 0.1) is 12.8 Å². The molecule has 2 saturated heterocycles. The third kappa shape index (κ3) is 4.32. The van der Waals surface area contributed by atoms with E-state index in [0.29, 0.717) is 12.8 Å². The van der Waals surface area contributed by atoms with Crippen molar-refractivity contribution in [3.05, 3.63) is 59.7 Å². The Morgan fingerprint density at radius 2 is 1.71 bits per heavy atom. The number of aryl methyl sites for hydroxylation is 1. The number of piperidine rings is 2. The molecule has 2 aromatic rings. The van der Waals surface area contributed by atoms with E-state index in [-0.39, 0.29) is 29.8 Å². The van der Waals surface area contributed by atoms with E-state index in [1.807, 2.05) is 65.3 Å². The normalized spacial score (nSPS) is 24.2. The standard InChI is InChI=1S/C26H32N2O3/c1-18-7-11-21(12-8-18)28-24(29)16-15-23(26(30)27-17-5-4-6-19(27)2)25(28)20-9-13-22(31-3)14-10-20/h7-14,19,23,25H,4-6,15-17H2,1-3H3. The number of likely N-dealkylation sites (tertiary alicyclic amines) is 1. The van der Waals surface area contributed by atoms with Crippen LogP contribution in [-0.2, 0) is 9.59 Å². The second-order valence-corrected chi connectivity index (χ2v) is 8.84. The summed E-state index contributed by atoms with van der Waals surface area (Å²) in [5, 5.41) is 0. The molecular weight excluding hydrogens is 388 g/mol. The van der Waals surface area contributed by atoms with Gasteiger partial charge in [-0.2, -0.15) is 0 Å². The second-order valence-electron chi connectivity index (χ2n) is 8.84. The van der Waals surface area contributed by atoms with Gasteiger partial charge in [0.1, 0.15) is 5.75 Å². The predicted molar refractivity (Wildman–Crippen MR) is 122 cm³/mol. The molecule has 2 aliphatic rings. The molecule has 5 heteroatoms. The maximum absolute atomic E-state index is 13.8. The van der Waals surface area contributed by atoms with Crippen LogP contribution in [0.2, 0.25) is 0 Å². The summed E-state index contributed by atoms with van der Waals surface area (Å²) in [6.45, 7) is 4.99. The largest absolute Gasteiger partial charge is 0.497 e. The summed E-state index contributed by atoms with van der Waals surface area (Å²) in [5.74, 6) is 0.756. The molecule has 3 unspecified atom stereocenters. The lowest BCUT2D eigenvalue weighted by Gasteiger charge is -2.44. The molecule has 0 aliphatic carbocycles. The highest BCUT2D eigenvalue weighted by Gasteiger charge is 2.43. The zero-order valence-electron chi connectivity index (χ0n) is 18.7. The zero-order chi connectivity index (χ0) is 22.0. The number of hydrogen-bond acceptors (Lipinski definition) is 3. The molecule has 0 spiro atoms. The molecule has 2 fully saturated rings. The van der Waals surface area contributed by atoms with Gasteiger partial charge in [-0.05, 0) is 69.4 Å². The lowest BCUT2D eigenvalue weighted by Crippen LogP contribution is -2.52. The van der Waals surface area contributed by atoms with E-state index in [2.05, 4.69) is 6.92 Å². The molecule has 3 atom stereocenters. The fraction of sp³-hybridized carbons (Fsp3) is 0.462. The number of carbonyl (C=O) groups is 2. The lowest BCUT2D eigenvalue weighted by atomic mass is 9.82. The SMILES string of the molecule is COc1ccc(C2C(C(=O)N3CCCCC3C)CCC(=O)N2c2ccc(C)cc2)cc1. The Balaban J connectivity index is 1.75. The summed E-state index contributed by atoms with van der Waals surface area (Å²) >= 11 is 0. The van der Waals surface area contributed by atoms with E-state index in [1.54, 1.807) is 7.11 Å². The van der Waals surface area contributed by atoms with E-state index < -0.39 is 0 Å². The van der Waals surface area contributed by atoms with Gasteiger partial charge in [0.25, 0.3) is 0 Å². The highest BCUT2D eigenvalue weighted by Crippen LogP contribution is 2.42. The average molecular weight is 421 g/mol. The van der Waals surface area contributed by atoms with E-state index >= 15 is 0 Å². The van der Waals surface area contributed by atoms with Gasteiger partial charge < -0.3 is 14.5 Å². The Morgan fingerprint density at radius 3 is 2.35 bits per heavy atom. The predicted octanol–water partition coefficient (Wildman–Crippen LogP) is 4.89. The minimum atomic E-state index is -0.323. The monoisotopic (exact) mass is 420 g/mol. The van der Waals surface area contributed by atoms with Crippen molar-refractivity contribution in [2.45, 2.75) is 58.0 Å². The molecule has 2 amide bonds. The maximum Gasteiger partial charge on any atom is 0.228 e. The van der Waals surface area contributed by atoms with Crippen molar-refractivity contribution in [3.63, 3.8) is 0 Å². The van der Waals surface area contributed by atoms with Gasteiger partial charge in [-0.15, -0.1) is 0 Å². The maximum atomic E-state index is 13.8. The van der Waals surface area contributed by atoms with Crippen molar-refractivity contribution in [1.29, 1.82) is 0 Å². The molecule has 5 nitrogen and oxygen atoms in total. The zero-order valence-corrected chi connectivity index (χ0v) is 18.7. The van der Waals surface area contributed by atoms with Crippen molar-refractivity contribution in [3.8, 4) is 5.75 Å². The number of nitrogens with zero attached hydrogens (tertiary/aromatic N) is 2. The van der Waals surface area contributed by atoms with Crippen LogP contribution in [-0.4, -0.2) is 36.4 Å². The van der Waals surface area contributed by atoms with Crippen molar-refractivity contribution in [2.75, 3.05) is 18.6 Å². The molecule has 0 radical (unpaired) electrons. The van der Waals surface area contributed by atoms with Gasteiger partial charge >= 0.3 is 0 Å². The first-order chi connectivity index (χ1) is 15.0. The fourth-order valence-electron chi connectivity index (χ4n) is 4.98. The van der Waals surface area contributed by atoms with Crippen molar-refractivity contribution in [1.82, 2.24) is 4.90 Å². The van der Waals surface area contributed by atoms with Crippen LogP contribution < -0.4 is 9.64 Å². The van der Waals surface area contributed by atoms with Crippen LogP contribution in [0.5, 0.6) is 5.75 Å². The van der Waals surface area contributed by atoms with E-state index in [0.717, 1.165) is 42.0 Å². The summed E-state index contributed by atoms with van der Waals surface area (Å²) in [4.78, 5) is 30.8. The van der Waals surface area contributed by atoms with Crippen molar-refractivity contribution in [2.24, 2.45) is 5.92 Å². The van der Waals surface area contributed by atoms with Gasteiger partial charge in [0, 0.05) is 24.7 Å². The minimum Gasteiger partial charge on any atom is -0.497 e. The highest BCUT2D eigenvalue weighted by atomic mass is 16.5. The third-order valence-electron chi connectivity index (χ3n) is 6.77. The Hall–Kier alpha value is -2.82. The molecule has 2 aromatic carbocycles. The molecule has 0 aromatic heterocycles. The summed E-state index contributed by atoms with van der Waals surface area (Å²) in [5.41, 5.74) is 2.96. The number of carbonyl (C=O) groups excluding carboxylic acids is 2. The Kier molecular flexibility index (Phi) is 6.30. The number of amides is 2. The van der Waals surface area contributed by atoms with Crippen LogP contribution >= 0.6 is 0 Å². The molecule has 0 N–H and O–H groups in total. The van der Waals surface area contributed by atoms with Crippen LogP contribution in [0.3, 0.4) is 0 Å². The molecular formula is C26H32N2O3. The Labute approximate surface area is 185 Å². The van der Waals surface area contributed by atoms with Crippen LogP contribution in [0.1, 0.15) is 56.2 Å². The molecule has 2 aliphatic heterocycles. The van der Waals surface area contributed by atoms with Gasteiger partial charge in [0.15, 0.2) is 0 Å². The summed E-state index contributed by atoms with van der Waals surface area (Å²) in [6.07, 6.45) is 4.24. The van der Waals surface area contributed by atoms with Gasteiger partial charge in [-0.3, -0.25) is 9.59 Å². The van der Waals surface area contributed by atoms with Gasteiger partial charge in [-0.25, -0.2) is 0 Å². The van der Waals surface area contributed by atoms with E-state index in [9.17, 15) is 9.59 Å². The number of rotatable bonds is 4. The topological polar surface area (TPSA) is 49.9 Å². The second kappa shape index (κ2) is 9.13. The van der Waals surface area contributed by atoms with E-state index in [4.69, 9.17) is 4.74 Å². The molecule has 31 heavy (non-hydrogen) atoms. The van der Waals surface area contributed by atoms with Crippen molar-refractivity contribution < 1.29 is 14.3 Å². The number of hydrogen-bond donors (Lipinski definition) is 0. The molecule has 2 heterocycles. The Bertz CT molecular complexity index is 923. The number of methoxy groups -OCH3 is 1. The van der Waals surface area contributed by atoms with E-state index in [1.165, 1.54) is 6.42 Å². The quantitative estimate of drug-likeness (QED) is 0.708.